The third-order valence-corrected chi connectivity index (χ3v) is 9.72. The fraction of sp³-hybridized carbons (Fsp3) is 0.125. The highest BCUT2D eigenvalue weighted by molar-refractivity contribution is 6.04. The monoisotopic (exact) mass is 718 g/mol. The van der Waals surface area contributed by atoms with Crippen molar-refractivity contribution in [3.8, 4) is 22.9 Å². The Morgan fingerprint density at radius 1 is 0.685 bits per heavy atom. The second-order valence-electron chi connectivity index (χ2n) is 13.0. The Balaban J connectivity index is 1.10. The molecule has 0 radical (unpaired) electrons. The maximum atomic E-state index is 12.5. The Labute approximate surface area is 307 Å². The van der Waals surface area contributed by atoms with E-state index in [4.69, 9.17) is 21.5 Å². The summed E-state index contributed by atoms with van der Waals surface area (Å²) in [5.41, 5.74) is 16.3. The average molecular weight is 719 g/mol. The summed E-state index contributed by atoms with van der Waals surface area (Å²) in [4.78, 5) is 26.8. The van der Waals surface area contributed by atoms with Gasteiger partial charge in [-0.15, -0.1) is 10.2 Å². The van der Waals surface area contributed by atoms with Crippen LogP contribution >= 0.6 is 0 Å². The molecule has 0 bridgehead atoms. The molecule has 1 amide bonds. The van der Waals surface area contributed by atoms with Gasteiger partial charge in [-0.2, -0.15) is 10.2 Å². The van der Waals surface area contributed by atoms with E-state index >= 15 is 0 Å². The van der Waals surface area contributed by atoms with Crippen molar-refractivity contribution in [2.45, 2.75) is 34.3 Å². The summed E-state index contributed by atoms with van der Waals surface area (Å²) >= 11 is 0. The van der Waals surface area contributed by atoms with Gasteiger partial charge < -0.3 is 15.9 Å². The summed E-state index contributed by atoms with van der Waals surface area (Å²) in [6.07, 6.45) is 0. The van der Waals surface area contributed by atoms with Gasteiger partial charge in [-0.1, -0.05) is 36.4 Å². The van der Waals surface area contributed by atoms with Gasteiger partial charge in [0.2, 0.25) is 11.8 Å². The molecule has 54 heavy (non-hydrogen) atoms. The Kier molecular flexibility index (Phi) is 8.32. The lowest BCUT2D eigenvalue weighted by Gasteiger charge is -2.12. The van der Waals surface area contributed by atoms with Crippen LogP contribution in [0.15, 0.2) is 105 Å². The molecule has 0 aliphatic heterocycles. The number of amides is 1. The standard InChI is InChI=1S/C40H34N10O4/c1-20-17-24(13-15-27(20)45-47-34-22(3)26(19-54-42)37-43-29-9-5-7-11-31(29)49(37)39(34)52)25-14-16-28(21(2)18-25)46-48-35-23(4)33(36(41)51)38-44-30-10-6-8-12-32(30)50(38)40(35)53/h5-18,52-53H,19,42H2,1-4H3,(H2,41,51). The summed E-state index contributed by atoms with van der Waals surface area (Å²) in [7, 11) is 0. The van der Waals surface area contributed by atoms with Crippen molar-refractivity contribution in [3.05, 3.63) is 118 Å². The number of nitrogens with two attached hydrogens (primary N) is 2. The second kappa shape index (κ2) is 13.2. The molecule has 8 aromatic rings. The fourth-order valence-electron chi connectivity index (χ4n) is 6.89. The fourth-order valence-corrected chi connectivity index (χ4v) is 6.89. The number of aromatic nitrogens is 4. The minimum absolute atomic E-state index is 0.0752. The van der Waals surface area contributed by atoms with E-state index in [-0.39, 0.29) is 41.0 Å². The summed E-state index contributed by atoms with van der Waals surface area (Å²) in [5, 5.41) is 40.6. The number of hydrogen-bond acceptors (Lipinski definition) is 11. The second-order valence-corrected chi connectivity index (χ2v) is 13.0. The van der Waals surface area contributed by atoms with Crippen molar-refractivity contribution in [3.63, 3.8) is 0 Å². The number of rotatable bonds is 8. The van der Waals surface area contributed by atoms with Crippen LogP contribution < -0.4 is 11.6 Å². The van der Waals surface area contributed by atoms with Crippen LogP contribution in [-0.2, 0) is 11.4 Å². The largest absolute Gasteiger partial charge is 0.493 e. The molecule has 0 saturated heterocycles. The van der Waals surface area contributed by atoms with Crippen molar-refractivity contribution < 1.29 is 19.8 Å². The quantitative estimate of drug-likeness (QED) is 0.0886. The van der Waals surface area contributed by atoms with Crippen LogP contribution in [0, 0.1) is 27.7 Å². The number of imidazole rings is 2. The van der Waals surface area contributed by atoms with E-state index < -0.39 is 5.91 Å². The first-order valence-corrected chi connectivity index (χ1v) is 17.0. The number of aromatic hydroxyl groups is 2. The van der Waals surface area contributed by atoms with Crippen LogP contribution in [0.4, 0.5) is 22.7 Å². The molecule has 4 aromatic heterocycles. The van der Waals surface area contributed by atoms with E-state index in [1.165, 1.54) is 4.40 Å². The third-order valence-electron chi connectivity index (χ3n) is 9.72. The zero-order valence-electron chi connectivity index (χ0n) is 29.7. The molecular weight excluding hydrogens is 685 g/mol. The number of benzene rings is 4. The van der Waals surface area contributed by atoms with Gasteiger partial charge in [0.25, 0.3) is 5.91 Å². The van der Waals surface area contributed by atoms with Crippen molar-refractivity contribution in [2.24, 2.45) is 32.1 Å². The zero-order chi connectivity index (χ0) is 37.8. The molecule has 0 fully saturated rings. The number of para-hydroxylation sites is 4. The summed E-state index contributed by atoms with van der Waals surface area (Å²) in [6, 6.07) is 26.3. The first-order chi connectivity index (χ1) is 26.1. The number of hydrogen-bond donors (Lipinski definition) is 4. The molecule has 14 heteroatoms. The molecule has 14 nitrogen and oxygen atoms in total. The number of carbonyl (C=O) groups excluding carboxylic acids is 1. The molecule has 0 aliphatic carbocycles. The number of primary amides is 1. The third kappa shape index (κ3) is 5.48. The molecule has 4 aromatic carbocycles. The normalized spacial score (nSPS) is 12.1. The van der Waals surface area contributed by atoms with E-state index in [1.54, 1.807) is 23.5 Å². The Morgan fingerprint density at radius 2 is 1.17 bits per heavy atom. The molecular formula is C40H34N10O4. The molecule has 0 spiro atoms. The van der Waals surface area contributed by atoms with Crippen LogP contribution in [0.3, 0.4) is 0 Å². The predicted octanol–water partition coefficient (Wildman–Crippen LogP) is 8.92. The zero-order valence-corrected chi connectivity index (χ0v) is 29.7. The van der Waals surface area contributed by atoms with Crippen molar-refractivity contribution in [1.29, 1.82) is 0 Å². The summed E-state index contributed by atoms with van der Waals surface area (Å²) < 4.78 is 3.10. The molecule has 0 aliphatic rings. The van der Waals surface area contributed by atoms with Gasteiger partial charge in [-0.25, -0.2) is 15.9 Å². The van der Waals surface area contributed by atoms with E-state index in [2.05, 4.69) is 25.4 Å². The average Bonchev–Trinajstić information content (AvgIpc) is 3.73. The van der Waals surface area contributed by atoms with Gasteiger partial charge in [0.05, 0.1) is 45.6 Å². The van der Waals surface area contributed by atoms with E-state index in [0.29, 0.717) is 50.3 Å². The van der Waals surface area contributed by atoms with Crippen LogP contribution in [0.5, 0.6) is 11.8 Å². The highest BCUT2D eigenvalue weighted by Gasteiger charge is 2.24. The smallest absolute Gasteiger partial charge is 0.252 e. The van der Waals surface area contributed by atoms with Gasteiger partial charge in [0.1, 0.15) is 17.0 Å². The van der Waals surface area contributed by atoms with Crippen LogP contribution in [0.1, 0.15) is 38.2 Å². The van der Waals surface area contributed by atoms with Crippen LogP contribution in [-0.4, -0.2) is 34.9 Å². The molecule has 8 rings (SSSR count). The molecule has 0 atom stereocenters. The lowest BCUT2D eigenvalue weighted by atomic mass is 10.0. The number of fused-ring (bicyclic) bond motifs is 6. The Bertz CT molecular complexity index is 2910. The minimum atomic E-state index is -0.683. The SMILES string of the molecule is Cc1cc(-c2ccc(N=Nc3c(C)c(C(N)=O)c4nc5ccccc5n4c3O)c(C)c2)ccc1N=Nc1c(C)c(CON)c2nc3ccccc3n2c1O. The van der Waals surface area contributed by atoms with Crippen molar-refractivity contribution in [2.75, 3.05) is 0 Å². The molecule has 268 valence electrons. The number of azo groups is 2. The number of pyridine rings is 2. The lowest BCUT2D eigenvalue weighted by Crippen LogP contribution is -2.15. The molecule has 4 heterocycles. The molecule has 6 N–H and O–H groups in total. The minimum Gasteiger partial charge on any atom is -0.493 e. The van der Waals surface area contributed by atoms with Gasteiger partial charge in [-0.05, 0) is 110 Å². The predicted molar refractivity (Wildman–Crippen MR) is 205 cm³/mol. The van der Waals surface area contributed by atoms with Crippen LogP contribution in [0.2, 0.25) is 0 Å². The Hall–Kier alpha value is -7.03. The number of carbonyl (C=O) groups is 1. The maximum Gasteiger partial charge on any atom is 0.252 e. The first-order valence-electron chi connectivity index (χ1n) is 17.0. The highest BCUT2D eigenvalue weighted by Crippen LogP contribution is 2.41. The maximum absolute atomic E-state index is 12.5. The highest BCUT2D eigenvalue weighted by atomic mass is 16.6. The summed E-state index contributed by atoms with van der Waals surface area (Å²) in [6.45, 7) is 7.42. The van der Waals surface area contributed by atoms with E-state index in [9.17, 15) is 15.0 Å². The van der Waals surface area contributed by atoms with Gasteiger partial charge >= 0.3 is 0 Å². The number of nitrogens with zero attached hydrogens (tertiary/aromatic N) is 8. The van der Waals surface area contributed by atoms with E-state index in [1.807, 2.05) is 93.6 Å². The van der Waals surface area contributed by atoms with E-state index in [0.717, 1.165) is 27.8 Å². The van der Waals surface area contributed by atoms with Gasteiger partial charge in [0, 0.05) is 5.56 Å². The molecule has 0 unspecified atom stereocenters. The van der Waals surface area contributed by atoms with Gasteiger partial charge in [-0.3, -0.25) is 18.4 Å². The van der Waals surface area contributed by atoms with Crippen LogP contribution in [0.25, 0.3) is 44.5 Å². The molecule has 0 saturated carbocycles. The first kappa shape index (κ1) is 34.1. The Morgan fingerprint density at radius 3 is 1.67 bits per heavy atom. The van der Waals surface area contributed by atoms with Crippen molar-refractivity contribution in [1.82, 2.24) is 18.8 Å². The topological polar surface area (TPSA) is 203 Å². The van der Waals surface area contributed by atoms with Crippen molar-refractivity contribution >= 4 is 62.0 Å². The number of aryl methyl sites for hydroxylation is 2. The summed E-state index contributed by atoms with van der Waals surface area (Å²) in [5.74, 6) is 4.51. The lowest BCUT2D eigenvalue weighted by molar-refractivity contribution is 0.100. The van der Waals surface area contributed by atoms with Gasteiger partial charge in [0.15, 0.2) is 5.65 Å².